The van der Waals surface area contributed by atoms with E-state index >= 15 is 0 Å². The molecule has 1 fully saturated rings. The summed E-state index contributed by atoms with van der Waals surface area (Å²) in [6.45, 7) is 2.20. The van der Waals surface area contributed by atoms with E-state index in [1.54, 1.807) is 26.1 Å². The summed E-state index contributed by atoms with van der Waals surface area (Å²) in [5, 5.41) is 10.2. The first-order chi connectivity index (χ1) is 17.2. The average molecular weight is 546 g/mol. The number of carboxylic acids is 1. The highest BCUT2D eigenvalue weighted by atomic mass is 35.5. The molecule has 1 atom stereocenters. The van der Waals surface area contributed by atoms with E-state index in [9.17, 15) is 18.3 Å². The molecular formula is C26H28ClN3O4S2. The number of aromatic nitrogens is 1. The van der Waals surface area contributed by atoms with Gasteiger partial charge < -0.3 is 10.0 Å². The molecule has 1 saturated carbocycles. The van der Waals surface area contributed by atoms with E-state index in [1.807, 2.05) is 30.3 Å². The zero-order chi connectivity index (χ0) is 25.6. The number of sulfonamides is 1. The molecule has 7 nitrogen and oxygen atoms in total. The van der Waals surface area contributed by atoms with Gasteiger partial charge in [0.2, 0.25) is 10.0 Å². The van der Waals surface area contributed by atoms with Crippen molar-refractivity contribution in [2.75, 3.05) is 18.5 Å². The fourth-order valence-corrected chi connectivity index (χ4v) is 8.23. The zero-order valence-electron chi connectivity index (χ0n) is 20.1. The lowest BCUT2D eigenvalue weighted by Crippen LogP contribution is -2.46. The summed E-state index contributed by atoms with van der Waals surface area (Å²) in [5.74, 6) is -0.854. The van der Waals surface area contributed by atoms with Gasteiger partial charge in [-0.05, 0) is 49.9 Å². The van der Waals surface area contributed by atoms with Gasteiger partial charge in [0, 0.05) is 35.8 Å². The van der Waals surface area contributed by atoms with Crippen LogP contribution in [0.2, 0.25) is 5.02 Å². The molecular weight excluding hydrogens is 518 g/mol. The molecule has 0 unspecified atom stereocenters. The van der Waals surface area contributed by atoms with Gasteiger partial charge in [-0.3, -0.25) is 0 Å². The minimum Gasteiger partial charge on any atom is -0.476 e. The van der Waals surface area contributed by atoms with Gasteiger partial charge >= 0.3 is 5.97 Å². The lowest BCUT2D eigenvalue weighted by molar-refractivity contribution is 0.0690. The number of anilines is 2. The number of thiazole rings is 1. The Hall–Kier alpha value is -2.46. The number of carbonyl (C=O) groups is 1. The van der Waals surface area contributed by atoms with Gasteiger partial charge in [-0.25, -0.2) is 18.2 Å². The number of likely N-dealkylation sites (N-methyl/N-ethyl adjacent to an activating group) is 1. The fraction of sp³-hybridized carbons (Fsp3) is 0.385. The van der Waals surface area contributed by atoms with Crippen molar-refractivity contribution in [1.82, 2.24) is 9.29 Å². The number of halogens is 1. The van der Waals surface area contributed by atoms with Crippen molar-refractivity contribution in [1.29, 1.82) is 0 Å². The summed E-state index contributed by atoms with van der Waals surface area (Å²) in [4.78, 5) is 18.6. The molecule has 1 aliphatic heterocycles. The molecule has 2 aromatic carbocycles. The van der Waals surface area contributed by atoms with Crippen LogP contribution in [0.3, 0.4) is 0 Å². The molecule has 2 heterocycles. The standard InChI is InChI=1S/C26H28ClN3O4S2/c1-16-24(26(31)32)28-25(35-16)19-13-23-21(14-20(19)27)30(18-11-7-4-8-12-18)15-22(29(2)36(23,33)34)17-9-5-3-6-10-17/h4,7-8,11-14,17,22H,3,5-6,9-10,15H2,1-2H3,(H,31,32)/t22-/m0/s1. The summed E-state index contributed by atoms with van der Waals surface area (Å²) in [6.07, 6.45) is 5.42. The van der Waals surface area contributed by atoms with Crippen LogP contribution in [0.4, 0.5) is 11.4 Å². The minimum atomic E-state index is -3.87. The number of nitrogens with zero attached hydrogens (tertiary/aromatic N) is 3. The van der Waals surface area contributed by atoms with Gasteiger partial charge in [0.25, 0.3) is 0 Å². The monoisotopic (exact) mass is 545 g/mol. The molecule has 36 heavy (non-hydrogen) atoms. The largest absolute Gasteiger partial charge is 0.476 e. The Balaban J connectivity index is 1.70. The molecule has 3 aromatic rings. The van der Waals surface area contributed by atoms with Crippen LogP contribution in [0.15, 0.2) is 47.4 Å². The van der Waals surface area contributed by atoms with E-state index < -0.39 is 16.0 Å². The van der Waals surface area contributed by atoms with E-state index in [-0.39, 0.29) is 22.5 Å². The number of benzene rings is 2. The van der Waals surface area contributed by atoms with Crippen molar-refractivity contribution >= 4 is 50.3 Å². The Morgan fingerprint density at radius 3 is 2.47 bits per heavy atom. The number of para-hydroxylation sites is 1. The molecule has 0 radical (unpaired) electrons. The molecule has 1 aromatic heterocycles. The van der Waals surface area contributed by atoms with Gasteiger partial charge in [0.05, 0.1) is 10.7 Å². The van der Waals surface area contributed by atoms with Gasteiger partial charge in [0.1, 0.15) is 9.90 Å². The van der Waals surface area contributed by atoms with Crippen LogP contribution < -0.4 is 4.90 Å². The molecule has 5 rings (SSSR count). The van der Waals surface area contributed by atoms with Gasteiger partial charge in [-0.1, -0.05) is 49.1 Å². The Kier molecular flexibility index (Phi) is 6.84. The third-order valence-corrected chi connectivity index (χ3v) is 10.6. The molecule has 0 saturated heterocycles. The SMILES string of the molecule is Cc1sc(-c2cc3c(cc2Cl)N(c2ccccc2)C[C@@H](C2CCCCC2)N(C)S3(=O)=O)nc1C(=O)O. The highest BCUT2D eigenvalue weighted by Crippen LogP contribution is 2.45. The predicted octanol–water partition coefficient (Wildman–Crippen LogP) is 6.19. The van der Waals surface area contributed by atoms with Crippen LogP contribution in [0.5, 0.6) is 0 Å². The molecule has 0 spiro atoms. The van der Waals surface area contributed by atoms with Crippen LogP contribution in [0.25, 0.3) is 10.6 Å². The van der Waals surface area contributed by atoms with E-state index in [4.69, 9.17) is 11.6 Å². The smallest absolute Gasteiger partial charge is 0.355 e. The second kappa shape index (κ2) is 9.78. The molecule has 190 valence electrons. The van der Waals surface area contributed by atoms with E-state index in [1.165, 1.54) is 22.1 Å². The van der Waals surface area contributed by atoms with Crippen molar-refractivity contribution in [2.24, 2.45) is 5.92 Å². The maximum absolute atomic E-state index is 14.1. The Bertz CT molecular complexity index is 1400. The van der Waals surface area contributed by atoms with Crippen LogP contribution in [0, 0.1) is 12.8 Å². The lowest BCUT2D eigenvalue weighted by Gasteiger charge is -2.36. The average Bonchev–Trinajstić information content (AvgIpc) is 3.23. The zero-order valence-corrected chi connectivity index (χ0v) is 22.5. The fourth-order valence-electron chi connectivity index (χ4n) is 5.39. The van der Waals surface area contributed by atoms with Crippen molar-refractivity contribution in [3.8, 4) is 10.6 Å². The maximum Gasteiger partial charge on any atom is 0.355 e. The van der Waals surface area contributed by atoms with Gasteiger partial charge in [-0.15, -0.1) is 11.3 Å². The number of hydrogen-bond acceptors (Lipinski definition) is 6. The summed E-state index contributed by atoms with van der Waals surface area (Å²) in [7, 11) is -2.19. The van der Waals surface area contributed by atoms with E-state index in [0.29, 0.717) is 32.7 Å². The van der Waals surface area contributed by atoms with Crippen molar-refractivity contribution in [2.45, 2.75) is 50.0 Å². The Morgan fingerprint density at radius 1 is 1.14 bits per heavy atom. The first-order valence-electron chi connectivity index (χ1n) is 12.0. The van der Waals surface area contributed by atoms with Crippen LogP contribution in [0.1, 0.15) is 47.5 Å². The number of aromatic carboxylic acids is 1. The number of rotatable bonds is 4. The normalized spacial score (nSPS) is 20.6. The summed E-state index contributed by atoms with van der Waals surface area (Å²) in [6, 6.07) is 12.8. The second-order valence-corrected chi connectivity index (χ2v) is 13.0. The van der Waals surface area contributed by atoms with Crippen LogP contribution in [-0.2, 0) is 10.0 Å². The highest BCUT2D eigenvalue weighted by molar-refractivity contribution is 7.89. The molecule has 10 heteroatoms. The third kappa shape index (κ3) is 4.42. The van der Waals surface area contributed by atoms with Crippen molar-refractivity contribution < 1.29 is 18.3 Å². The third-order valence-electron chi connectivity index (χ3n) is 7.32. The molecule has 0 amide bonds. The van der Waals surface area contributed by atoms with Crippen LogP contribution >= 0.6 is 22.9 Å². The number of hydrogen-bond donors (Lipinski definition) is 1. The minimum absolute atomic E-state index is 0.0516. The highest BCUT2D eigenvalue weighted by Gasteiger charge is 2.41. The van der Waals surface area contributed by atoms with Crippen LogP contribution in [-0.4, -0.2) is 48.4 Å². The second-order valence-electron chi connectivity index (χ2n) is 9.46. The Labute approximate surface area is 220 Å². The van der Waals surface area contributed by atoms with Crippen molar-refractivity contribution in [3.05, 3.63) is 58.1 Å². The number of aryl methyl sites for hydroxylation is 1. The summed E-state index contributed by atoms with van der Waals surface area (Å²) >= 11 is 7.93. The van der Waals surface area contributed by atoms with Crippen molar-refractivity contribution in [3.63, 3.8) is 0 Å². The van der Waals surface area contributed by atoms with E-state index in [0.717, 1.165) is 31.4 Å². The topological polar surface area (TPSA) is 90.8 Å². The van der Waals surface area contributed by atoms with Gasteiger partial charge in [0.15, 0.2) is 5.69 Å². The quantitative estimate of drug-likeness (QED) is 0.420. The van der Waals surface area contributed by atoms with E-state index in [2.05, 4.69) is 9.88 Å². The summed E-state index contributed by atoms with van der Waals surface area (Å²) in [5.41, 5.74) is 1.78. The maximum atomic E-state index is 14.1. The Morgan fingerprint density at radius 2 is 1.83 bits per heavy atom. The molecule has 1 N–H and O–H groups in total. The molecule has 0 bridgehead atoms. The first kappa shape index (κ1) is 25.2. The lowest BCUT2D eigenvalue weighted by atomic mass is 9.83. The number of fused-ring (bicyclic) bond motifs is 1. The number of carboxylic acid groups (broad SMARTS) is 1. The first-order valence-corrected chi connectivity index (χ1v) is 14.7. The summed E-state index contributed by atoms with van der Waals surface area (Å²) < 4.78 is 29.7. The van der Waals surface area contributed by atoms with Gasteiger partial charge in [-0.2, -0.15) is 4.31 Å². The predicted molar refractivity (Wildman–Crippen MR) is 143 cm³/mol. The molecule has 1 aliphatic carbocycles. The molecule has 2 aliphatic rings.